The minimum Gasteiger partial charge on any atom is -0.394 e. The van der Waals surface area contributed by atoms with Crippen LogP contribution in [0.1, 0.15) is 6.92 Å². The van der Waals surface area contributed by atoms with E-state index < -0.39 is 18.3 Å². The van der Waals surface area contributed by atoms with E-state index in [0.717, 1.165) is 0 Å². The molecular formula is C6H12O4. The van der Waals surface area contributed by atoms with Crippen molar-refractivity contribution in [2.75, 3.05) is 6.61 Å². The quantitative estimate of drug-likeness (QED) is 0.422. The first-order chi connectivity index (χ1) is 4.66. The lowest BCUT2D eigenvalue weighted by atomic mass is 10.1. The van der Waals surface area contributed by atoms with Crippen LogP contribution in [0.25, 0.3) is 0 Å². The molecule has 4 nitrogen and oxygen atoms in total. The van der Waals surface area contributed by atoms with Gasteiger partial charge in [-0.15, -0.1) is 0 Å². The third-order valence-corrected chi connectivity index (χ3v) is 1.78. The number of rotatable bonds is 1. The first-order valence-corrected chi connectivity index (χ1v) is 3.29. The zero-order valence-electron chi connectivity index (χ0n) is 5.77. The van der Waals surface area contributed by atoms with Crippen LogP contribution in [-0.4, -0.2) is 46.3 Å². The van der Waals surface area contributed by atoms with E-state index in [0.29, 0.717) is 0 Å². The Labute approximate surface area is 59.1 Å². The molecule has 60 valence electrons. The maximum Gasteiger partial charge on any atom is 0.111 e. The Morgan fingerprint density at radius 1 is 1.30 bits per heavy atom. The molecule has 1 fully saturated rings. The minimum absolute atomic E-state index is 0.247. The molecule has 0 aromatic carbocycles. The Balaban J connectivity index is 2.53. The standard InChI is InChI=1S/C6H12O4/c1-3-5(8)6(9)4(2-7)10-3/h3-9H,2H2,1H3/t3-,4?,5-,6+/m0/s1. The molecule has 1 heterocycles. The van der Waals surface area contributed by atoms with Crippen molar-refractivity contribution in [3.63, 3.8) is 0 Å². The van der Waals surface area contributed by atoms with Crippen molar-refractivity contribution in [3.8, 4) is 0 Å². The molecule has 0 aromatic rings. The highest BCUT2D eigenvalue weighted by atomic mass is 16.5. The van der Waals surface area contributed by atoms with Crippen LogP contribution in [0.5, 0.6) is 0 Å². The second-order valence-electron chi connectivity index (χ2n) is 2.54. The molecule has 0 aliphatic carbocycles. The van der Waals surface area contributed by atoms with Gasteiger partial charge in [-0.1, -0.05) is 0 Å². The molecule has 0 amide bonds. The highest BCUT2D eigenvalue weighted by Gasteiger charge is 2.39. The SMILES string of the molecule is C[C@@H]1OC(CO)[C@@H](O)[C@H]1O. The maximum atomic E-state index is 9.09. The van der Waals surface area contributed by atoms with Gasteiger partial charge in [-0.2, -0.15) is 0 Å². The van der Waals surface area contributed by atoms with Gasteiger partial charge in [0.1, 0.15) is 18.3 Å². The Kier molecular flexibility index (Phi) is 2.25. The predicted molar refractivity (Wildman–Crippen MR) is 33.4 cm³/mol. The van der Waals surface area contributed by atoms with Crippen molar-refractivity contribution >= 4 is 0 Å². The zero-order valence-corrected chi connectivity index (χ0v) is 5.77. The van der Waals surface area contributed by atoms with Gasteiger partial charge in [0, 0.05) is 0 Å². The van der Waals surface area contributed by atoms with Crippen LogP contribution in [0, 0.1) is 0 Å². The van der Waals surface area contributed by atoms with Gasteiger partial charge in [0.15, 0.2) is 0 Å². The average Bonchev–Trinajstić information content (AvgIpc) is 2.17. The van der Waals surface area contributed by atoms with Crippen LogP contribution in [-0.2, 0) is 4.74 Å². The fraction of sp³-hybridized carbons (Fsp3) is 1.00. The molecule has 1 aliphatic heterocycles. The highest BCUT2D eigenvalue weighted by Crippen LogP contribution is 2.19. The summed E-state index contributed by atoms with van der Waals surface area (Å²) in [7, 11) is 0. The molecule has 0 saturated carbocycles. The molecule has 4 heteroatoms. The van der Waals surface area contributed by atoms with Crippen LogP contribution in [0.2, 0.25) is 0 Å². The highest BCUT2D eigenvalue weighted by molar-refractivity contribution is 4.87. The lowest BCUT2D eigenvalue weighted by Crippen LogP contribution is -2.33. The normalized spacial score (nSPS) is 48.0. The van der Waals surface area contributed by atoms with Gasteiger partial charge in [0.2, 0.25) is 0 Å². The molecule has 4 atom stereocenters. The smallest absolute Gasteiger partial charge is 0.111 e. The zero-order chi connectivity index (χ0) is 7.72. The summed E-state index contributed by atoms with van der Waals surface area (Å²) >= 11 is 0. The second-order valence-corrected chi connectivity index (χ2v) is 2.54. The Morgan fingerprint density at radius 3 is 2.10 bits per heavy atom. The molecule has 10 heavy (non-hydrogen) atoms. The van der Waals surface area contributed by atoms with Crippen LogP contribution < -0.4 is 0 Å². The Bertz CT molecular complexity index is 116. The summed E-state index contributed by atoms with van der Waals surface area (Å²) < 4.78 is 4.98. The molecule has 0 aromatic heterocycles. The fourth-order valence-electron chi connectivity index (χ4n) is 1.09. The maximum absolute atomic E-state index is 9.09. The third-order valence-electron chi connectivity index (χ3n) is 1.78. The average molecular weight is 148 g/mol. The van der Waals surface area contributed by atoms with Gasteiger partial charge in [0.25, 0.3) is 0 Å². The van der Waals surface area contributed by atoms with Crippen molar-refractivity contribution in [2.24, 2.45) is 0 Å². The van der Waals surface area contributed by atoms with Crippen molar-refractivity contribution in [1.82, 2.24) is 0 Å². The fourth-order valence-corrected chi connectivity index (χ4v) is 1.09. The monoisotopic (exact) mass is 148 g/mol. The van der Waals surface area contributed by atoms with Gasteiger partial charge < -0.3 is 20.1 Å². The van der Waals surface area contributed by atoms with Crippen molar-refractivity contribution in [1.29, 1.82) is 0 Å². The summed E-state index contributed by atoms with van der Waals surface area (Å²) in [6, 6.07) is 0. The van der Waals surface area contributed by atoms with Gasteiger partial charge in [-0.3, -0.25) is 0 Å². The van der Waals surface area contributed by atoms with Crippen LogP contribution in [0.4, 0.5) is 0 Å². The van der Waals surface area contributed by atoms with E-state index >= 15 is 0 Å². The molecule has 0 radical (unpaired) electrons. The van der Waals surface area contributed by atoms with Crippen LogP contribution >= 0.6 is 0 Å². The molecular weight excluding hydrogens is 136 g/mol. The largest absolute Gasteiger partial charge is 0.394 e. The number of aliphatic hydroxyl groups is 3. The van der Waals surface area contributed by atoms with E-state index in [2.05, 4.69) is 0 Å². The van der Waals surface area contributed by atoms with Crippen LogP contribution in [0.15, 0.2) is 0 Å². The van der Waals surface area contributed by atoms with E-state index in [-0.39, 0.29) is 12.7 Å². The van der Waals surface area contributed by atoms with E-state index in [4.69, 9.17) is 20.1 Å². The van der Waals surface area contributed by atoms with Gasteiger partial charge in [0.05, 0.1) is 12.7 Å². The molecule has 1 saturated heterocycles. The van der Waals surface area contributed by atoms with Crippen molar-refractivity contribution in [3.05, 3.63) is 0 Å². The number of hydrogen-bond donors (Lipinski definition) is 3. The summed E-state index contributed by atoms with van der Waals surface area (Å²) in [5, 5.41) is 26.8. The molecule has 0 spiro atoms. The first kappa shape index (κ1) is 7.94. The molecule has 3 N–H and O–H groups in total. The summed E-state index contributed by atoms with van der Waals surface area (Å²) in [5.41, 5.74) is 0. The number of ether oxygens (including phenoxy) is 1. The summed E-state index contributed by atoms with van der Waals surface area (Å²) in [6.07, 6.45) is -2.81. The van der Waals surface area contributed by atoms with Crippen LogP contribution in [0.3, 0.4) is 0 Å². The topological polar surface area (TPSA) is 69.9 Å². The second kappa shape index (κ2) is 2.84. The van der Waals surface area contributed by atoms with E-state index in [1.807, 2.05) is 0 Å². The summed E-state index contributed by atoms with van der Waals surface area (Å²) in [5.74, 6) is 0. The molecule has 0 bridgehead atoms. The molecule has 1 aliphatic rings. The Morgan fingerprint density at radius 2 is 1.90 bits per heavy atom. The first-order valence-electron chi connectivity index (χ1n) is 3.29. The minimum atomic E-state index is -0.944. The number of hydrogen-bond acceptors (Lipinski definition) is 4. The van der Waals surface area contributed by atoms with Crippen molar-refractivity contribution in [2.45, 2.75) is 31.3 Å². The van der Waals surface area contributed by atoms with Crippen molar-refractivity contribution < 1.29 is 20.1 Å². The lowest BCUT2D eigenvalue weighted by molar-refractivity contribution is -0.0171. The Hall–Kier alpha value is -0.160. The van der Waals surface area contributed by atoms with E-state index in [1.165, 1.54) is 0 Å². The lowest BCUT2D eigenvalue weighted by Gasteiger charge is -2.10. The van der Waals surface area contributed by atoms with Gasteiger partial charge in [-0.05, 0) is 6.92 Å². The van der Waals surface area contributed by atoms with Gasteiger partial charge in [-0.25, -0.2) is 0 Å². The van der Waals surface area contributed by atoms with E-state index in [9.17, 15) is 0 Å². The summed E-state index contributed by atoms with van der Waals surface area (Å²) in [4.78, 5) is 0. The summed E-state index contributed by atoms with van der Waals surface area (Å²) in [6.45, 7) is 1.41. The van der Waals surface area contributed by atoms with Gasteiger partial charge >= 0.3 is 0 Å². The number of aliphatic hydroxyl groups excluding tert-OH is 3. The predicted octanol–water partition coefficient (Wildman–Crippen LogP) is -1.51. The molecule has 1 rings (SSSR count). The molecule has 1 unspecified atom stereocenters. The van der Waals surface area contributed by atoms with E-state index in [1.54, 1.807) is 6.92 Å². The third kappa shape index (κ3) is 1.15.